The van der Waals surface area contributed by atoms with Crippen LogP contribution >= 0.6 is 22.6 Å². The smallest absolute Gasteiger partial charge is 0.0130 e. The summed E-state index contributed by atoms with van der Waals surface area (Å²) in [4.78, 5) is 0. The van der Waals surface area contributed by atoms with Gasteiger partial charge in [0.05, 0.1) is 0 Å². The summed E-state index contributed by atoms with van der Waals surface area (Å²) in [5.74, 6) is 2.23. The third-order valence-electron chi connectivity index (χ3n) is 4.04. The highest BCUT2D eigenvalue weighted by Gasteiger charge is 2.29. The third kappa shape index (κ3) is 3.12. The molecule has 0 amide bonds. The van der Waals surface area contributed by atoms with Crippen molar-refractivity contribution >= 4 is 22.6 Å². The number of allylic oxidation sites excluding steroid dienone is 1. The van der Waals surface area contributed by atoms with Gasteiger partial charge in [-0.3, -0.25) is 0 Å². The standard InChI is InChI=1S/C16H21I/c1-11(2)15-9-4-12(3)10-16(15)13-5-7-14(17)8-6-13/h5-8,12,15-16H,1,4,9-10H2,2-3H3/t12-,15+,16+/m1/s1. The van der Waals surface area contributed by atoms with Crippen LogP contribution in [0, 0.1) is 15.4 Å². The molecule has 0 radical (unpaired) electrons. The largest absolute Gasteiger partial charge is 0.0998 e. The second-order valence-electron chi connectivity index (χ2n) is 5.53. The minimum Gasteiger partial charge on any atom is -0.0998 e. The van der Waals surface area contributed by atoms with Crippen LogP contribution in [0.3, 0.4) is 0 Å². The van der Waals surface area contributed by atoms with Gasteiger partial charge < -0.3 is 0 Å². The van der Waals surface area contributed by atoms with Gasteiger partial charge in [0.15, 0.2) is 0 Å². The normalized spacial score (nSPS) is 29.0. The average Bonchev–Trinajstić information content (AvgIpc) is 2.29. The van der Waals surface area contributed by atoms with Crippen molar-refractivity contribution in [1.29, 1.82) is 0 Å². The molecule has 0 spiro atoms. The van der Waals surface area contributed by atoms with Crippen molar-refractivity contribution in [3.63, 3.8) is 0 Å². The van der Waals surface area contributed by atoms with Crippen LogP contribution in [0.1, 0.15) is 44.6 Å². The lowest BCUT2D eigenvalue weighted by atomic mass is 9.69. The highest BCUT2D eigenvalue weighted by atomic mass is 127. The minimum atomic E-state index is 0.686. The Bertz CT molecular complexity index is 390. The molecule has 1 aromatic carbocycles. The van der Waals surface area contributed by atoms with E-state index in [1.54, 1.807) is 0 Å². The summed E-state index contributed by atoms with van der Waals surface area (Å²) in [5.41, 5.74) is 2.87. The number of hydrogen-bond acceptors (Lipinski definition) is 0. The molecule has 92 valence electrons. The van der Waals surface area contributed by atoms with E-state index in [4.69, 9.17) is 0 Å². The number of hydrogen-bond donors (Lipinski definition) is 0. The van der Waals surface area contributed by atoms with Crippen molar-refractivity contribution in [2.45, 2.75) is 39.0 Å². The predicted octanol–water partition coefficient (Wildman–Crippen LogP) is 5.39. The van der Waals surface area contributed by atoms with Gasteiger partial charge in [0.25, 0.3) is 0 Å². The first kappa shape index (κ1) is 13.1. The summed E-state index contributed by atoms with van der Waals surface area (Å²) >= 11 is 2.37. The zero-order valence-corrected chi connectivity index (χ0v) is 12.9. The molecule has 17 heavy (non-hydrogen) atoms. The lowest BCUT2D eigenvalue weighted by molar-refractivity contribution is 0.278. The highest BCUT2D eigenvalue weighted by molar-refractivity contribution is 14.1. The van der Waals surface area contributed by atoms with Crippen molar-refractivity contribution < 1.29 is 0 Å². The van der Waals surface area contributed by atoms with E-state index < -0.39 is 0 Å². The number of halogens is 1. The summed E-state index contributed by atoms with van der Waals surface area (Å²) < 4.78 is 1.32. The molecule has 2 rings (SSSR count). The lowest BCUT2D eigenvalue weighted by Gasteiger charge is -2.35. The van der Waals surface area contributed by atoms with Gasteiger partial charge in [-0.1, -0.05) is 37.6 Å². The quantitative estimate of drug-likeness (QED) is 0.500. The van der Waals surface area contributed by atoms with Crippen LogP contribution in [0.4, 0.5) is 0 Å². The van der Waals surface area contributed by atoms with Crippen molar-refractivity contribution in [3.05, 3.63) is 45.6 Å². The van der Waals surface area contributed by atoms with E-state index in [1.165, 1.54) is 34.0 Å². The molecule has 1 aliphatic carbocycles. The Morgan fingerprint density at radius 2 is 1.88 bits per heavy atom. The maximum atomic E-state index is 4.20. The summed E-state index contributed by atoms with van der Waals surface area (Å²) in [6, 6.07) is 9.07. The molecule has 1 heteroatoms. The zero-order chi connectivity index (χ0) is 12.4. The summed E-state index contributed by atoms with van der Waals surface area (Å²) in [6.07, 6.45) is 3.99. The van der Waals surface area contributed by atoms with Crippen LogP contribution in [0.25, 0.3) is 0 Å². The van der Waals surface area contributed by atoms with Gasteiger partial charge in [-0.15, -0.1) is 0 Å². The van der Waals surface area contributed by atoms with E-state index >= 15 is 0 Å². The summed E-state index contributed by atoms with van der Waals surface area (Å²) in [7, 11) is 0. The molecule has 0 N–H and O–H groups in total. The molecule has 0 saturated heterocycles. The molecule has 0 unspecified atom stereocenters. The van der Waals surface area contributed by atoms with Gasteiger partial charge in [0.2, 0.25) is 0 Å². The maximum Gasteiger partial charge on any atom is 0.0130 e. The van der Waals surface area contributed by atoms with E-state index in [9.17, 15) is 0 Å². The van der Waals surface area contributed by atoms with E-state index in [0.717, 1.165) is 5.92 Å². The monoisotopic (exact) mass is 340 g/mol. The molecule has 0 aromatic heterocycles. The molecule has 0 nitrogen and oxygen atoms in total. The van der Waals surface area contributed by atoms with Gasteiger partial charge in [-0.2, -0.15) is 0 Å². The molecule has 0 bridgehead atoms. The van der Waals surface area contributed by atoms with Crippen LogP contribution in [0.15, 0.2) is 36.4 Å². The van der Waals surface area contributed by atoms with Crippen molar-refractivity contribution in [2.75, 3.05) is 0 Å². The molecular formula is C16H21I. The number of rotatable bonds is 2. The molecule has 1 fully saturated rings. The second kappa shape index (κ2) is 5.55. The maximum absolute atomic E-state index is 4.20. The van der Waals surface area contributed by atoms with Crippen molar-refractivity contribution in [2.24, 2.45) is 11.8 Å². The van der Waals surface area contributed by atoms with E-state index in [1.807, 2.05) is 0 Å². The lowest BCUT2D eigenvalue weighted by Crippen LogP contribution is -2.22. The van der Waals surface area contributed by atoms with E-state index in [-0.39, 0.29) is 0 Å². The van der Waals surface area contributed by atoms with Gasteiger partial charge in [-0.05, 0) is 77.8 Å². The van der Waals surface area contributed by atoms with Gasteiger partial charge >= 0.3 is 0 Å². The van der Waals surface area contributed by atoms with Gasteiger partial charge in [0.1, 0.15) is 0 Å². The molecule has 1 saturated carbocycles. The van der Waals surface area contributed by atoms with Gasteiger partial charge in [-0.25, -0.2) is 0 Å². The molecule has 0 heterocycles. The fraction of sp³-hybridized carbons (Fsp3) is 0.500. The topological polar surface area (TPSA) is 0 Å². The van der Waals surface area contributed by atoms with E-state index in [0.29, 0.717) is 11.8 Å². The first-order chi connectivity index (χ1) is 8.08. The van der Waals surface area contributed by atoms with Crippen molar-refractivity contribution in [3.8, 4) is 0 Å². The first-order valence-electron chi connectivity index (χ1n) is 6.48. The third-order valence-corrected chi connectivity index (χ3v) is 4.76. The molecular weight excluding hydrogens is 319 g/mol. The number of benzene rings is 1. The Labute approximate surface area is 119 Å². The zero-order valence-electron chi connectivity index (χ0n) is 10.7. The summed E-state index contributed by atoms with van der Waals surface area (Å²) in [5, 5.41) is 0. The Hall–Kier alpha value is -0.310. The van der Waals surface area contributed by atoms with Crippen molar-refractivity contribution in [1.82, 2.24) is 0 Å². The highest BCUT2D eigenvalue weighted by Crippen LogP contribution is 2.43. The predicted molar refractivity (Wildman–Crippen MR) is 83.2 cm³/mol. The Balaban J connectivity index is 2.25. The van der Waals surface area contributed by atoms with Crippen LogP contribution in [0.2, 0.25) is 0 Å². The average molecular weight is 340 g/mol. The Kier molecular flexibility index (Phi) is 4.29. The minimum absolute atomic E-state index is 0.686. The second-order valence-corrected chi connectivity index (χ2v) is 6.77. The SMILES string of the molecule is C=C(C)[C@@H]1CC[C@@H](C)C[C@H]1c1ccc(I)cc1. The fourth-order valence-electron chi connectivity index (χ4n) is 3.05. The van der Waals surface area contributed by atoms with Crippen LogP contribution in [-0.2, 0) is 0 Å². The van der Waals surface area contributed by atoms with Crippen LogP contribution < -0.4 is 0 Å². The van der Waals surface area contributed by atoms with Crippen LogP contribution in [0.5, 0.6) is 0 Å². The molecule has 0 aliphatic heterocycles. The molecule has 3 atom stereocenters. The summed E-state index contributed by atoms with van der Waals surface area (Å²) in [6.45, 7) is 8.77. The van der Waals surface area contributed by atoms with Crippen LogP contribution in [-0.4, -0.2) is 0 Å². The Morgan fingerprint density at radius 1 is 1.24 bits per heavy atom. The first-order valence-corrected chi connectivity index (χ1v) is 7.56. The molecule has 1 aliphatic rings. The molecule has 1 aromatic rings. The Morgan fingerprint density at radius 3 is 2.47 bits per heavy atom. The fourth-order valence-corrected chi connectivity index (χ4v) is 3.41. The van der Waals surface area contributed by atoms with Gasteiger partial charge in [0, 0.05) is 3.57 Å². The van der Waals surface area contributed by atoms with E-state index in [2.05, 4.69) is 67.3 Å².